The third kappa shape index (κ3) is 3.06. The number of hydrogen-bond acceptors (Lipinski definition) is 3. The zero-order valence-corrected chi connectivity index (χ0v) is 9.30. The summed E-state index contributed by atoms with van der Waals surface area (Å²) in [7, 11) is 1.19. The van der Waals surface area contributed by atoms with Gasteiger partial charge < -0.3 is 4.74 Å². The van der Waals surface area contributed by atoms with Gasteiger partial charge in [0.05, 0.1) is 7.11 Å². The lowest BCUT2D eigenvalue weighted by Crippen LogP contribution is -2.18. The van der Waals surface area contributed by atoms with Gasteiger partial charge >= 0.3 is 5.97 Å². The Balaban J connectivity index is 2.85. The van der Waals surface area contributed by atoms with Crippen LogP contribution >= 0.6 is 11.6 Å². The Hall–Kier alpha value is -1.35. The first-order chi connectivity index (χ1) is 7.04. The summed E-state index contributed by atoms with van der Waals surface area (Å²) in [5, 5.41) is 0.549. The largest absolute Gasteiger partial charge is 0.463 e. The molecule has 0 aliphatic heterocycles. The van der Waals surface area contributed by atoms with E-state index in [0.717, 1.165) is 11.1 Å². The molecule has 0 N–H and O–H groups in total. The first kappa shape index (κ1) is 11.7. The van der Waals surface area contributed by atoms with Crippen LogP contribution in [0.3, 0.4) is 0 Å². The van der Waals surface area contributed by atoms with Crippen molar-refractivity contribution in [3.63, 3.8) is 0 Å². The second-order valence-electron chi connectivity index (χ2n) is 3.16. The minimum Gasteiger partial charge on any atom is -0.463 e. The predicted molar refractivity (Wildman–Crippen MR) is 56.9 cm³/mol. The van der Waals surface area contributed by atoms with Crippen LogP contribution in [-0.4, -0.2) is 18.9 Å². The van der Waals surface area contributed by atoms with Gasteiger partial charge in [-0.15, -0.1) is 0 Å². The highest BCUT2D eigenvalue weighted by Crippen LogP contribution is 2.16. The third-order valence-electron chi connectivity index (χ3n) is 2.08. The van der Waals surface area contributed by atoms with Crippen molar-refractivity contribution in [3.05, 3.63) is 34.3 Å². The first-order valence-corrected chi connectivity index (χ1v) is 4.78. The average Bonchev–Trinajstić information content (AvgIpc) is 2.22. The van der Waals surface area contributed by atoms with E-state index in [1.807, 2.05) is 13.0 Å². The molecule has 0 unspecified atom stereocenters. The quantitative estimate of drug-likeness (QED) is 0.584. The van der Waals surface area contributed by atoms with Gasteiger partial charge in [0.2, 0.25) is 5.78 Å². The van der Waals surface area contributed by atoms with E-state index in [9.17, 15) is 9.59 Å². The Kier molecular flexibility index (Phi) is 3.86. The average molecular weight is 227 g/mol. The molecule has 80 valence electrons. The van der Waals surface area contributed by atoms with Crippen molar-refractivity contribution in [2.45, 2.75) is 13.3 Å². The molecule has 0 amide bonds. The summed E-state index contributed by atoms with van der Waals surface area (Å²) < 4.78 is 4.33. The van der Waals surface area contributed by atoms with Crippen LogP contribution in [0.25, 0.3) is 0 Å². The Bertz CT molecular complexity index is 399. The molecule has 4 heteroatoms. The highest BCUT2D eigenvalue weighted by atomic mass is 35.5. The van der Waals surface area contributed by atoms with Crippen molar-refractivity contribution < 1.29 is 14.3 Å². The van der Waals surface area contributed by atoms with Crippen molar-refractivity contribution in [2.24, 2.45) is 0 Å². The molecule has 0 heterocycles. The van der Waals surface area contributed by atoms with E-state index in [1.165, 1.54) is 7.11 Å². The topological polar surface area (TPSA) is 43.4 Å². The van der Waals surface area contributed by atoms with Gasteiger partial charge in [0.25, 0.3) is 0 Å². The van der Waals surface area contributed by atoms with Gasteiger partial charge in [-0.1, -0.05) is 17.7 Å². The van der Waals surface area contributed by atoms with Gasteiger partial charge in [0.15, 0.2) is 0 Å². The monoisotopic (exact) mass is 226 g/mol. The third-order valence-corrected chi connectivity index (χ3v) is 2.31. The highest BCUT2D eigenvalue weighted by molar-refractivity contribution is 6.34. The lowest BCUT2D eigenvalue weighted by molar-refractivity contribution is -0.151. The number of ether oxygens (including phenoxy) is 1. The lowest BCUT2D eigenvalue weighted by atomic mass is 10.0. The summed E-state index contributed by atoms with van der Waals surface area (Å²) >= 11 is 5.79. The van der Waals surface area contributed by atoms with Crippen LogP contribution in [0.2, 0.25) is 5.02 Å². The van der Waals surface area contributed by atoms with Gasteiger partial charge in [0.1, 0.15) is 0 Å². The summed E-state index contributed by atoms with van der Waals surface area (Å²) in [6.07, 6.45) is 0.0269. The fraction of sp³-hybridized carbons (Fsp3) is 0.273. The highest BCUT2D eigenvalue weighted by Gasteiger charge is 2.15. The molecule has 0 bridgehead atoms. The van der Waals surface area contributed by atoms with Gasteiger partial charge in [0, 0.05) is 11.4 Å². The molecule has 0 spiro atoms. The Morgan fingerprint density at radius 1 is 1.40 bits per heavy atom. The van der Waals surface area contributed by atoms with Crippen molar-refractivity contribution >= 4 is 23.4 Å². The number of ketones is 1. The molecule has 1 aromatic carbocycles. The summed E-state index contributed by atoms with van der Waals surface area (Å²) in [6.45, 7) is 1.86. The number of methoxy groups -OCH3 is 1. The number of rotatable bonds is 3. The minimum atomic E-state index is -0.825. The number of halogens is 1. The van der Waals surface area contributed by atoms with E-state index < -0.39 is 11.8 Å². The van der Waals surface area contributed by atoms with Crippen LogP contribution in [0.15, 0.2) is 18.2 Å². The van der Waals surface area contributed by atoms with E-state index >= 15 is 0 Å². The molecule has 0 atom stereocenters. The fourth-order valence-electron chi connectivity index (χ4n) is 1.19. The minimum absolute atomic E-state index is 0.0269. The second kappa shape index (κ2) is 4.94. The molecule has 0 aliphatic rings. The molecule has 0 radical (unpaired) electrons. The maximum atomic E-state index is 11.3. The molecule has 1 rings (SSSR count). The van der Waals surface area contributed by atoms with Crippen molar-refractivity contribution in [1.82, 2.24) is 0 Å². The van der Waals surface area contributed by atoms with Crippen LogP contribution in [0, 0.1) is 6.92 Å². The number of hydrogen-bond donors (Lipinski definition) is 0. The molecule has 0 aliphatic carbocycles. The van der Waals surface area contributed by atoms with E-state index in [1.54, 1.807) is 12.1 Å². The van der Waals surface area contributed by atoms with Crippen molar-refractivity contribution in [3.8, 4) is 0 Å². The van der Waals surface area contributed by atoms with Crippen LogP contribution in [-0.2, 0) is 20.7 Å². The van der Waals surface area contributed by atoms with Crippen LogP contribution in [0.4, 0.5) is 0 Å². The van der Waals surface area contributed by atoms with Gasteiger partial charge in [-0.25, -0.2) is 4.79 Å². The molecule has 0 saturated heterocycles. The van der Waals surface area contributed by atoms with Crippen molar-refractivity contribution in [2.75, 3.05) is 7.11 Å². The molecule has 3 nitrogen and oxygen atoms in total. The number of benzene rings is 1. The Morgan fingerprint density at radius 2 is 2.07 bits per heavy atom. The van der Waals surface area contributed by atoms with E-state index in [4.69, 9.17) is 11.6 Å². The Labute approximate surface area is 93.0 Å². The first-order valence-electron chi connectivity index (χ1n) is 4.40. The summed E-state index contributed by atoms with van der Waals surface area (Å²) in [5.41, 5.74) is 1.68. The van der Waals surface area contributed by atoms with Crippen LogP contribution < -0.4 is 0 Å². The molecule has 0 saturated carbocycles. The summed E-state index contributed by atoms with van der Waals surface area (Å²) in [6, 6.07) is 5.23. The molecular weight excluding hydrogens is 216 g/mol. The summed E-state index contributed by atoms with van der Waals surface area (Å²) in [4.78, 5) is 22.2. The zero-order valence-electron chi connectivity index (χ0n) is 8.54. The molecule has 1 aromatic rings. The lowest BCUT2D eigenvalue weighted by Gasteiger charge is -2.04. The summed E-state index contributed by atoms with van der Waals surface area (Å²) in [5.74, 6) is -1.39. The second-order valence-corrected chi connectivity index (χ2v) is 3.60. The SMILES string of the molecule is COC(=O)C(=O)Cc1cc(Cl)ccc1C. The maximum Gasteiger partial charge on any atom is 0.374 e. The van der Waals surface area contributed by atoms with Crippen molar-refractivity contribution in [1.29, 1.82) is 0 Å². The number of carbonyl (C=O) groups is 2. The normalized spacial score (nSPS) is 9.80. The fourth-order valence-corrected chi connectivity index (χ4v) is 1.38. The smallest absolute Gasteiger partial charge is 0.374 e. The van der Waals surface area contributed by atoms with E-state index in [2.05, 4.69) is 4.74 Å². The standard InChI is InChI=1S/C11H11ClO3/c1-7-3-4-9(12)5-8(7)6-10(13)11(14)15-2/h3-5H,6H2,1-2H3. The maximum absolute atomic E-state index is 11.3. The molecule has 0 fully saturated rings. The molecular formula is C11H11ClO3. The molecule has 0 aromatic heterocycles. The number of Topliss-reactive ketones (excluding diaryl/α,β-unsaturated/α-hetero) is 1. The number of carbonyl (C=O) groups excluding carboxylic acids is 2. The molecule has 15 heavy (non-hydrogen) atoms. The van der Waals surface area contributed by atoms with Gasteiger partial charge in [-0.05, 0) is 30.2 Å². The van der Waals surface area contributed by atoms with Crippen LogP contribution in [0.5, 0.6) is 0 Å². The predicted octanol–water partition coefficient (Wildman–Crippen LogP) is 1.93. The van der Waals surface area contributed by atoms with Gasteiger partial charge in [-0.3, -0.25) is 4.79 Å². The number of aryl methyl sites for hydroxylation is 1. The zero-order chi connectivity index (χ0) is 11.4. The van der Waals surface area contributed by atoms with E-state index in [0.29, 0.717) is 5.02 Å². The Morgan fingerprint density at radius 3 is 2.67 bits per heavy atom. The van der Waals surface area contributed by atoms with Crippen LogP contribution in [0.1, 0.15) is 11.1 Å². The number of esters is 1. The van der Waals surface area contributed by atoms with Gasteiger partial charge in [-0.2, -0.15) is 0 Å². The van der Waals surface area contributed by atoms with E-state index in [-0.39, 0.29) is 6.42 Å².